The van der Waals surface area contributed by atoms with Gasteiger partial charge in [0.15, 0.2) is 0 Å². The average Bonchev–Trinajstić information content (AvgIpc) is 2.43. The number of carboxylic acids is 1. The molecule has 0 aliphatic rings. The molecule has 0 saturated heterocycles. The summed E-state index contributed by atoms with van der Waals surface area (Å²) in [6.45, 7) is 3.49. The predicted molar refractivity (Wildman–Crippen MR) is 76.5 cm³/mol. The molecule has 0 aliphatic heterocycles. The third kappa shape index (κ3) is 3.91. The summed E-state index contributed by atoms with van der Waals surface area (Å²) in [5.74, 6) is -2.21. The molecule has 1 amide bonds. The topological polar surface area (TPSA) is 110 Å². The van der Waals surface area contributed by atoms with E-state index < -0.39 is 28.5 Å². The lowest BCUT2D eigenvalue weighted by Crippen LogP contribution is -2.45. The second-order valence-electron chi connectivity index (χ2n) is 4.57. The van der Waals surface area contributed by atoms with Gasteiger partial charge < -0.3 is 10.4 Å². The molecule has 0 saturated carbocycles. The number of nitro groups is 1. The van der Waals surface area contributed by atoms with Crippen LogP contribution in [0, 0.1) is 16.0 Å². The van der Waals surface area contributed by atoms with Gasteiger partial charge in [-0.3, -0.25) is 14.9 Å². The van der Waals surface area contributed by atoms with Gasteiger partial charge in [-0.15, -0.1) is 0 Å². The van der Waals surface area contributed by atoms with Crippen LogP contribution in [-0.2, 0) is 4.79 Å². The van der Waals surface area contributed by atoms with Crippen molar-refractivity contribution in [1.29, 1.82) is 0 Å². The van der Waals surface area contributed by atoms with Crippen LogP contribution in [0.5, 0.6) is 0 Å². The van der Waals surface area contributed by atoms with Crippen molar-refractivity contribution in [2.75, 3.05) is 0 Å². The number of carbonyl (C=O) groups is 2. The van der Waals surface area contributed by atoms with Gasteiger partial charge in [-0.25, -0.2) is 4.79 Å². The molecular formula is C13H15ClN2O5. The normalized spacial score (nSPS) is 13.3. The maximum Gasteiger partial charge on any atom is 0.326 e. The van der Waals surface area contributed by atoms with Gasteiger partial charge in [0.2, 0.25) is 0 Å². The minimum absolute atomic E-state index is 0.125. The van der Waals surface area contributed by atoms with Gasteiger partial charge in [-0.1, -0.05) is 37.9 Å². The highest BCUT2D eigenvalue weighted by atomic mass is 35.5. The van der Waals surface area contributed by atoms with Crippen molar-refractivity contribution >= 4 is 29.2 Å². The Bertz CT molecular complexity index is 576. The second kappa shape index (κ2) is 7.03. The SMILES string of the molecule is CCC(C)C(NC(=O)c1cccc([N+](=O)[O-])c1Cl)C(=O)O. The standard InChI is InChI=1S/C13H15ClN2O5/c1-3-7(2)11(13(18)19)15-12(17)8-5-4-6-9(10(8)14)16(20)21/h4-7,11H,3H2,1-2H3,(H,15,17)(H,18,19). The first-order chi connectivity index (χ1) is 9.79. The van der Waals surface area contributed by atoms with Crippen molar-refractivity contribution in [2.45, 2.75) is 26.3 Å². The van der Waals surface area contributed by atoms with E-state index in [0.717, 1.165) is 0 Å². The fourth-order valence-corrected chi connectivity index (χ4v) is 2.02. The van der Waals surface area contributed by atoms with E-state index in [0.29, 0.717) is 6.42 Å². The molecule has 0 heterocycles. The Kier molecular flexibility index (Phi) is 5.66. The molecule has 1 aromatic rings. The first kappa shape index (κ1) is 16.9. The van der Waals surface area contributed by atoms with Crippen LogP contribution in [0.25, 0.3) is 0 Å². The van der Waals surface area contributed by atoms with Gasteiger partial charge >= 0.3 is 5.97 Å². The van der Waals surface area contributed by atoms with Gasteiger partial charge in [0, 0.05) is 6.07 Å². The maximum absolute atomic E-state index is 12.1. The Morgan fingerprint density at radius 2 is 2.10 bits per heavy atom. The molecule has 114 valence electrons. The van der Waals surface area contributed by atoms with Crippen molar-refractivity contribution in [3.05, 3.63) is 38.9 Å². The number of hydrogen-bond donors (Lipinski definition) is 2. The smallest absolute Gasteiger partial charge is 0.326 e. The summed E-state index contributed by atoms with van der Waals surface area (Å²) >= 11 is 5.83. The fourth-order valence-electron chi connectivity index (χ4n) is 1.74. The Morgan fingerprint density at radius 3 is 2.57 bits per heavy atom. The zero-order valence-electron chi connectivity index (χ0n) is 11.5. The highest BCUT2D eigenvalue weighted by molar-refractivity contribution is 6.35. The first-order valence-electron chi connectivity index (χ1n) is 6.26. The molecule has 0 fully saturated rings. The van der Waals surface area contributed by atoms with Crippen molar-refractivity contribution in [3.63, 3.8) is 0 Å². The second-order valence-corrected chi connectivity index (χ2v) is 4.95. The number of halogens is 1. The summed E-state index contributed by atoms with van der Waals surface area (Å²) in [5, 5.41) is 21.9. The number of nitrogens with one attached hydrogen (secondary N) is 1. The van der Waals surface area contributed by atoms with E-state index in [1.54, 1.807) is 13.8 Å². The minimum Gasteiger partial charge on any atom is -0.480 e. The van der Waals surface area contributed by atoms with Crippen LogP contribution in [0.3, 0.4) is 0 Å². The van der Waals surface area contributed by atoms with Crippen LogP contribution in [-0.4, -0.2) is 27.9 Å². The molecule has 1 rings (SSSR count). The monoisotopic (exact) mass is 314 g/mol. The number of nitrogens with zero attached hydrogens (tertiary/aromatic N) is 1. The number of rotatable bonds is 6. The fraction of sp³-hybridized carbons (Fsp3) is 0.385. The van der Waals surface area contributed by atoms with Gasteiger partial charge in [-0.2, -0.15) is 0 Å². The van der Waals surface area contributed by atoms with E-state index in [1.807, 2.05) is 0 Å². The molecule has 8 heteroatoms. The first-order valence-corrected chi connectivity index (χ1v) is 6.63. The lowest BCUT2D eigenvalue weighted by Gasteiger charge is -2.20. The van der Waals surface area contributed by atoms with Crippen LogP contribution < -0.4 is 5.32 Å². The van der Waals surface area contributed by atoms with Crippen LogP contribution in [0.1, 0.15) is 30.6 Å². The van der Waals surface area contributed by atoms with Crippen LogP contribution in [0.2, 0.25) is 5.02 Å². The lowest BCUT2D eigenvalue weighted by atomic mass is 9.99. The van der Waals surface area contributed by atoms with E-state index >= 15 is 0 Å². The Hall–Kier alpha value is -2.15. The van der Waals surface area contributed by atoms with Crippen molar-refractivity contribution in [2.24, 2.45) is 5.92 Å². The molecule has 0 radical (unpaired) electrons. The maximum atomic E-state index is 12.1. The van der Waals surface area contributed by atoms with Crippen LogP contribution >= 0.6 is 11.6 Å². The van der Waals surface area contributed by atoms with E-state index in [-0.39, 0.29) is 16.5 Å². The Balaban J connectivity index is 3.06. The van der Waals surface area contributed by atoms with Crippen LogP contribution in [0.15, 0.2) is 18.2 Å². The lowest BCUT2D eigenvalue weighted by molar-refractivity contribution is -0.384. The summed E-state index contributed by atoms with van der Waals surface area (Å²) in [7, 11) is 0. The highest BCUT2D eigenvalue weighted by Gasteiger charge is 2.28. The largest absolute Gasteiger partial charge is 0.480 e. The van der Waals surface area contributed by atoms with E-state index in [9.17, 15) is 19.7 Å². The number of benzene rings is 1. The Morgan fingerprint density at radius 1 is 1.48 bits per heavy atom. The molecule has 21 heavy (non-hydrogen) atoms. The molecule has 0 aromatic heterocycles. The number of nitro benzene ring substituents is 1. The summed E-state index contributed by atoms with van der Waals surface area (Å²) in [5.41, 5.74) is -0.528. The zero-order chi connectivity index (χ0) is 16.2. The predicted octanol–water partition coefficient (Wildman–Crippen LogP) is 2.48. The minimum atomic E-state index is -1.17. The van der Waals surface area contributed by atoms with Gasteiger partial charge in [-0.05, 0) is 12.0 Å². The summed E-state index contributed by atoms with van der Waals surface area (Å²) < 4.78 is 0. The van der Waals surface area contributed by atoms with Gasteiger partial charge in [0.05, 0.1) is 10.5 Å². The molecule has 2 atom stereocenters. The van der Waals surface area contributed by atoms with E-state index in [1.165, 1.54) is 18.2 Å². The third-order valence-electron chi connectivity index (χ3n) is 3.19. The molecule has 1 aromatic carbocycles. The van der Waals surface area contributed by atoms with Gasteiger partial charge in [0.25, 0.3) is 11.6 Å². The van der Waals surface area contributed by atoms with Crippen molar-refractivity contribution in [1.82, 2.24) is 5.32 Å². The van der Waals surface area contributed by atoms with Crippen LogP contribution in [0.4, 0.5) is 5.69 Å². The van der Waals surface area contributed by atoms with Crippen molar-refractivity contribution in [3.8, 4) is 0 Å². The molecule has 2 unspecified atom stereocenters. The number of carboxylic acid groups (broad SMARTS) is 1. The molecule has 0 bridgehead atoms. The highest BCUT2D eigenvalue weighted by Crippen LogP contribution is 2.27. The summed E-state index contributed by atoms with van der Waals surface area (Å²) in [4.78, 5) is 33.3. The average molecular weight is 315 g/mol. The van der Waals surface area contributed by atoms with Crippen molar-refractivity contribution < 1.29 is 19.6 Å². The third-order valence-corrected chi connectivity index (χ3v) is 3.58. The molecule has 7 nitrogen and oxygen atoms in total. The van der Waals surface area contributed by atoms with E-state index in [4.69, 9.17) is 16.7 Å². The number of aliphatic carboxylic acids is 1. The van der Waals surface area contributed by atoms with Gasteiger partial charge in [0.1, 0.15) is 11.1 Å². The Labute approximate surface area is 126 Å². The molecule has 2 N–H and O–H groups in total. The van der Waals surface area contributed by atoms with E-state index in [2.05, 4.69) is 5.32 Å². The quantitative estimate of drug-likeness (QED) is 0.619. The number of carbonyl (C=O) groups excluding carboxylic acids is 1. The summed E-state index contributed by atoms with van der Waals surface area (Å²) in [6.07, 6.45) is 0.555. The molecule has 0 spiro atoms. The number of amides is 1. The molecule has 0 aliphatic carbocycles. The number of hydrogen-bond acceptors (Lipinski definition) is 4. The summed E-state index contributed by atoms with van der Waals surface area (Å²) in [6, 6.07) is 2.71. The molecular weight excluding hydrogens is 300 g/mol. The zero-order valence-corrected chi connectivity index (χ0v) is 12.3.